The van der Waals surface area contributed by atoms with E-state index < -0.39 is 0 Å². The van der Waals surface area contributed by atoms with Crippen LogP contribution in [0.5, 0.6) is 0 Å². The molecule has 36 heavy (non-hydrogen) atoms. The van der Waals surface area contributed by atoms with Crippen molar-refractivity contribution in [2.24, 2.45) is 62.6 Å². The number of aliphatic hydroxyl groups excluding tert-OH is 1. The average molecular weight is 519 g/mol. The molecule has 0 aliphatic heterocycles. The van der Waals surface area contributed by atoms with Gasteiger partial charge >= 0.3 is 5.97 Å². The Hall–Kier alpha value is -0.140. The van der Waals surface area contributed by atoms with Gasteiger partial charge in [-0.3, -0.25) is 4.79 Å². The fourth-order valence-electron chi connectivity index (χ4n) is 12.2. The fraction of sp³-hybridized carbons (Fsp3) is 0.969. The third-order valence-corrected chi connectivity index (χ3v) is 14.5. The van der Waals surface area contributed by atoms with Gasteiger partial charge in [-0.1, -0.05) is 48.5 Å². The molecule has 3 nitrogen and oxygen atoms in total. The highest BCUT2D eigenvalue weighted by atomic mass is 31.0. The maximum absolute atomic E-state index is 12.2. The molecule has 5 rings (SSSR count). The second-order valence-electron chi connectivity index (χ2n) is 15.7. The first kappa shape index (κ1) is 27.4. The third-order valence-electron chi connectivity index (χ3n) is 14.2. The number of aliphatic hydroxyl groups is 1. The van der Waals surface area contributed by atoms with Crippen molar-refractivity contribution < 1.29 is 14.6 Å². The van der Waals surface area contributed by atoms with Gasteiger partial charge in [0.2, 0.25) is 0 Å². The number of hydrogen-bond acceptors (Lipinski definition) is 3. The van der Waals surface area contributed by atoms with Crippen LogP contribution >= 0.6 is 9.24 Å². The zero-order valence-electron chi connectivity index (χ0n) is 24.4. The van der Waals surface area contributed by atoms with Crippen molar-refractivity contribution in [3.8, 4) is 0 Å². The summed E-state index contributed by atoms with van der Waals surface area (Å²) in [6, 6.07) is 0. The molecule has 5 saturated carbocycles. The summed E-state index contributed by atoms with van der Waals surface area (Å²) in [5, 5.41) is 10.7. The molecule has 5 fully saturated rings. The Balaban J connectivity index is 1.48. The lowest BCUT2D eigenvalue weighted by Crippen LogP contribution is -2.67. The number of carbonyl (C=O) groups excluding carboxylic acids is 1. The Morgan fingerprint density at radius 2 is 1.61 bits per heavy atom. The average Bonchev–Trinajstić information content (AvgIpc) is 3.22. The highest BCUT2D eigenvalue weighted by molar-refractivity contribution is 7.18. The normalized spacial score (nSPS) is 51.6. The number of hydrogen-bond donors (Lipinski definition) is 1. The molecule has 1 unspecified atom stereocenters. The van der Waals surface area contributed by atoms with Crippen LogP contribution < -0.4 is 0 Å². The zero-order valence-corrected chi connectivity index (χ0v) is 25.5. The summed E-state index contributed by atoms with van der Waals surface area (Å²) in [5.41, 5.74) is 1.23. The van der Waals surface area contributed by atoms with Crippen LogP contribution in [-0.2, 0) is 9.53 Å². The van der Waals surface area contributed by atoms with E-state index in [1.165, 1.54) is 57.8 Å². The van der Waals surface area contributed by atoms with Gasteiger partial charge in [0.25, 0.3) is 0 Å². The highest BCUT2D eigenvalue weighted by Gasteiger charge is 2.71. The molecular weight excluding hydrogens is 463 g/mol. The van der Waals surface area contributed by atoms with Gasteiger partial charge in [-0.15, -0.1) is 9.24 Å². The van der Waals surface area contributed by atoms with Crippen LogP contribution in [0, 0.1) is 62.6 Å². The predicted molar refractivity (Wildman–Crippen MR) is 151 cm³/mol. The second-order valence-corrected chi connectivity index (χ2v) is 16.1. The molecule has 0 heterocycles. The van der Waals surface area contributed by atoms with Crippen molar-refractivity contribution in [2.45, 2.75) is 119 Å². The monoisotopic (exact) mass is 518 g/mol. The van der Waals surface area contributed by atoms with Gasteiger partial charge in [-0.25, -0.2) is 0 Å². The number of fused-ring (bicyclic) bond motifs is 7. The Morgan fingerprint density at radius 1 is 0.889 bits per heavy atom. The largest absolute Gasteiger partial charge is 0.462 e. The van der Waals surface area contributed by atoms with Crippen molar-refractivity contribution in [3.05, 3.63) is 0 Å². The summed E-state index contributed by atoms with van der Waals surface area (Å²) in [6.45, 7) is 18.1. The van der Waals surface area contributed by atoms with Crippen molar-refractivity contribution in [1.82, 2.24) is 0 Å². The first-order chi connectivity index (χ1) is 16.8. The highest BCUT2D eigenvalue weighted by Crippen LogP contribution is 2.77. The van der Waals surface area contributed by atoms with Gasteiger partial charge in [0.05, 0.1) is 6.16 Å². The van der Waals surface area contributed by atoms with Crippen molar-refractivity contribution >= 4 is 15.2 Å². The predicted octanol–water partition coefficient (Wildman–Crippen LogP) is 7.50. The van der Waals surface area contributed by atoms with Gasteiger partial charge in [-0.2, -0.15) is 0 Å². The second kappa shape index (κ2) is 8.94. The first-order valence-electron chi connectivity index (χ1n) is 15.3. The van der Waals surface area contributed by atoms with Crippen LogP contribution in [-0.4, -0.2) is 29.9 Å². The van der Waals surface area contributed by atoms with E-state index in [2.05, 4.69) is 57.7 Å². The summed E-state index contributed by atoms with van der Waals surface area (Å²) in [5.74, 6) is 4.21. The lowest BCUT2D eigenvalue weighted by Gasteiger charge is -2.73. The van der Waals surface area contributed by atoms with Crippen LogP contribution in [0.15, 0.2) is 0 Å². The minimum Gasteiger partial charge on any atom is -0.462 e. The summed E-state index contributed by atoms with van der Waals surface area (Å²) >= 11 is 0. The number of rotatable bonds is 4. The molecule has 0 spiro atoms. The molecule has 206 valence electrons. The lowest BCUT2D eigenvalue weighted by atomic mass is 9.32. The Labute approximate surface area is 223 Å². The van der Waals surface area contributed by atoms with Crippen LogP contribution in [0.1, 0.15) is 113 Å². The molecule has 0 saturated heterocycles. The summed E-state index contributed by atoms with van der Waals surface area (Å²) < 4.78 is 6.04. The molecule has 11 atom stereocenters. The van der Waals surface area contributed by atoms with Crippen molar-refractivity contribution in [1.29, 1.82) is 0 Å². The first-order valence-corrected chi connectivity index (χ1v) is 16.1. The summed E-state index contributed by atoms with van der Waals surface area (Å²) in [4.78, 5) is 12.2. The van der Waals surface area contributed by atoms with E-state index in [9.17, 15) is 9.90 Å². The Morgan fingerprint density at radius 3 is 2.25 bits per heavy atom. The molecule has 4 heteroatoms. The maximum Gasteiger partial charge on any atom is 0.309 e. The van der Waals surface area contributed by atoms with E-state index in [0.717, 1.165) is 24.2 Å². The molecule has 1 N–H and O–H groups in total. The van der Waals surface area contributed by atoms with E-state index >= 15 is 0 Å². The topological polar surface area (TPSA) is 46.5 Å². The minimum atomic E-state index is -0.0683. The van der Waals surface area contributed by atoms with E-state index in [0.29, 0.717) is 46.8 Å². The van der Waals surface area contributed by atoms with Crippen LogP contribution in [0.4, 0.5) is 0 Å². The molecular formula is C32H55O3P. The van der Waals surface area contributed by atoms with Crippen LogP contribution in [0.3, 0.4) is 0 Å². The third kappa shape index (κ3) is 3.52. The van der Waals surface area contributed by atoms with Gasteiger partial charge < -0.3 is 9.84 Å². The number of carbonyl (C=O) groups is 1. The Bertz CT molecular complexity index is 869. The summed E-state index contributed by atoms with van der Waals surface area (Å²) in [7, 11) is 2.53. The molecule has 0 amide bonds. The van der Waals surface area contributed by atoms with E-state index in [-0.39, 0.29) is 22.9 Å². The van der Waals surface area contributed by atoms with Gasteiger partial charge in [0.15, 0.2) is 0 Å². The standard InChI is InChI=1S/C32H55O3P/c1-20(2)21-10-15-32(19-33)17-16-30(6)22(27(21)32)8-9-24-29(5)13-12-25(35-26(34)18-36)28(3,4)23(29)11-14-31(24,30)7/h20-25,27,33H,8-19,36H2,1-7H3/t21-,22+,23-,24+,25-,27+,29-,30+,31+,32+/m0/s1. The molecule has 0 aromatic carbocycles. The fourth-order valence-corrected chi connectivity index (χ4v) is 12.3. The molecule has 0 bridgehead atoms. The Kier molecular flexibility index (Phi) is 6.81. The maximum atomic E-state index is 12.2. The molecule has 0 radical (unpaired) electrons. The molecule has 0 aromatic heterocycles. The lowest BCUT2D eigenvalue weighted by molar-refractivity contribution is -0.252. The van der Waals surface area contributed by atoms with Crippen LogP contribution in [0.25, 0.3) is 0 Å². The van der Waals surface area contributed by atoms with Crippen LogP contribution in [0.2, 0.25) is 0 Å². The molecule has 5 aliphatic rings. The van der Waals surface area contributed by atoms with E-state index in [4.69, 9.17) is 4.74 Å². The van der Waals surface area contributed by atoms with Gasteiger partial charge in [0, 0.05) is 12.0 Å². The smallest absolute Gasteiger partial charge is 0.309 e. The quantitative estimate of drug-likeness (QED) is 0.310. The minimum absolute atomic E-state index is 0.0222. The number of esters is 1. The van der Waals surface area contributed by atoms with Crippen molar-refractivity contribution in [3.63, 3.8) is 0 Å². The van der Waals surface area contributed by atoms with E-state index in [1.807, 2.05) is 0 Å². The van der Waals surface area contributed by atoms with Gasteiger partial charge in [0.1, 0.15) is 6.10 Å². The number of ether oxygens (including phenoxy) is 1. The van der Waals surface area contributed by atoms with E-state index in [1.54, 1.807) is 0 Å². The van der Waals surface area contributed by atoms with Gasteiger partial charge in [-0.05, 0) is 121 Å². The molecule has 5 aliphatic carbocycles. The SMILES string of the molecule is CC(C)[C@@H]1CC[C@]2(CO)CC[C@]3(C)[C@H](CC[C@@H]4[C@@]5(C)CC[C@H](OC(=O)CP)C(C)(C)[C@@H]5CC[C@]43C)[C@@H]12. The zero-order chi connectivity index (χ0) is 26.3. The molecule has 0 aromatic rings. The van der Waals surface area contributed by atoms with Crippen molar-refractivity contribution in [2.75, 3.05) is 12.8 Å². The summed E-state index contributed by atoms with van der Waals surface area (Å²) in [6.07, 6.45) is 13.0.